The van der Waals surface area contributed by atoms with Crippen LogP contribution >= 0.6 is 0 Å². The number of aryl methyl sites for hydroxylation is 1. The third-order valence-electron chi connectivity index (χ3n) is 3.65. The van der Waals surface area contributed by atoms with Gasteiger partial charge in [-0.1, -0.05) is 25.1 Å². The highest BCUT2D eigenvalue weighted by Gasteiger charge is 2.12. The smallest absolute Gasteiger partial charge is 0.303 e. The highest BCUT2D eigenvalue weighted by molar-refractivity contribution is 5.75. The highest BCUT2D eigenvalue weighted by atomic mass is 16.4. The van der Waals surface area contributed by atoms with E-state index in [0.29, 0.717) is 5.92 Å². The van der Waals surface area contributed by atoms with E-state index in [0.717, 1.165) is 0 Å². The number of carboxylic acid groups (broad SMARTS) is 2. The predicted octanol–water partition coefficient (Wildman–Crippen LogP) is 3.11. The molecule has 1 heterocycles. The van der Waals surface area contributed by atoms with Crippen molar-refractivity contribution in [2.45, 2.75) is 39.5 Å². The average molecular weight is 318 g/mol. The summed E-state index contributed by atoms with van der Waals surface area (Å²) in [6.45, 7) is 6.53. The second-order valence-electron chi connectivity index (χ2n) is 5.31. The van der Waals surface area contributed by atoms with Gasteiger partial charge in [0, 0.05) is 17.8 Å². The van der Waals surface area contributed by atoms with E-state index in [1.54, 1.807) is 6.33 Å². The molecule has 0 aliphatic carbocycles. The van der Waals surface area contributed by atoms with Crippen LogP contribution in [0.1, 0.15) is 48.1 Å². The molecule has 0 aliphatic rings. The Morgan fingerprint density at radius 1 is 1.17 bits per heavy atom. The van der Waals surface area contributed by atoms with Crippen LogP contribution in [0.15, 0.2) is 30.7 Å². The largest absolute Gasteiger partial charge is 0.481 e. The summed E-state index contributed by atoms with van der Waals surface area (Å²) in [5.74, 6) is -1.77. The fraction of sp³-hybridized carbons (Fsp3) is 0.353. The van der Waals surface area contributed by atoms with Gasteiger partial charge in [-0.05, 0) is 30.5 Å². The maximum absolute atomic E-state index is 9.64. The van der Waals surface area contributed by atoms with Gasteiger partial charge in [-0.3, -0.25) is 9.59 Å². The van der Waals surface area contributed by atoms with E-state index in [4.69, 9.17) is 10.2 Å². The van der Waals surface area contributed by atoms with Crippen molar-refractivity contribution >= 4 is 11.9 Å². The molecule has 0 radical (unpaired) electrons. The predicted molar refractivity (Wildman–Crippen MR) is 86.5 cm³/mol. The summed E-state index contributed by atoms with van der Waals surface area (Å²) in [4.78, 5) is 26.5. The van der Waals surface area contributed by atoms with E-state index in [1.165, 1.54) is 22.4 Å². The lowest BCUT2D eigenvalue weighted by Gasteiger charge is -2.14. The van der Waals surface area contributed by atoms with Crippen molar-refractivity contribution in [3.05, 3.63) is 53.1 Å². The number of aliphatic carboxylic acids is 2. The topological polar surface area (TPSA) is 103 Å². The molecule has 0 fully saturated rings. The Morgan fingerprint density at radius 3 is 2.26 bits per heavy atom. The van der Waals surface area contributed by atoms with Gasteiger partial charge in [0.05, 0.1) is 19.2 Å². The molecule has 0 saturated heterocycles. The van der Waals surface area contributed by atoms with E-state index in [1.807, 2.05) is 6.20 Å². The van der Waals surface area contributed by atoms with E-state index < -0.39 is 11.9 Å². The number of hydrogen-bond donors (Lipinski definition) is 3. The molecule has 0 bridgehead atoms. The van der Waals surface area contributed by atoms with Crippen molar-refractivity contribution < 1.29 is 19.8 Å². The monoisotopic (exact) mass is 318 g/mol. The van der Waals surface area contributed by atoms with Gasteiger partial charge in [0.2, 0.25) is 0 Å². The van der Waals surface area contributed by atoms with Crippen molar-refractivity contribution in [1.29, 1.82) is 0 Å². The maximum Gasteiger partial charge on any atom is 0.303 e. The van der Waals surface area contributed by atoms with E-state index >= 15 is 0 Å². The Bertz CT molecular complexity index is 637. The molecule has 0 amide bonds. The Morgan fingerprint density at radius 2 is 1.78 bits per heavy atom. The molecule has 0 unspecified atom stereocenters. The number of nitrogens with zero attached hydrogens (tertiary/aromatic N) is 1. The first-order chi connectivity index (χ1) is 10.8. The van der Waals surface area contributed by atoms with E-state index in [-0.39, 0.29) is 12.8 Å². The van der Waals surface area contributed by atoms with Crippen molar-refractivity contribution in [3.63, 3.8) is 0 Å². The third kappa shape index (κ3) is 5.94. The van der Waals surface area contributed by atoms with Crippen LogP contribution in [0.2, 0.25) is 0 Å². The zero-order valence-corrected chi connectivity index (χ0v) is 13.5. The molecule has 1 aromatic carbocycles. The van der Waals surface area contributed by atoms with Crippen LogP contribution in [0.5, 0.6) is 0 Å². The number of aromatic amines is 1. The normalized spacial score (nSPS) is 11.3. The van der Waals surface area contributed by atoms with E-state index in [2.05, 4.69) is 48.9 Å². The van der Waals surface area contributed by atoms with Gasteiger partial charge in [0.25, 0.3) is 0 Å². The molecule has 0 spiro atoms. The first-order valence-electron chi connectivity index (χ1n) is 7.31. The summed E-state index contributed by atoms with van der Waals surface area (Å²) >= 11 is 0. The minimum atomic E-state index is -1.08. The molecule has 2 aromatic rings. The van der Waals surface area contributed by atoms with Gasteiger partial charge < -0.3 is 15.2 Å². The fourth-order valence-corrected chi connectivity index (χ4v) is 2.13. The average Bonchev–Trinajstić information content (AvgIpc) is 3.02. The molecule has 6 nitrogen and oxygen atoms in total. The lowest BCUT2D eigenvalue weighted by atomic mass is 9.92. The van der Waals surface area contributed by atoms with E-state index in [9.17, 15) is 9.59 Å². The summed E-state index contributed by atoms with van der Waals surface area (Å²) in [6.07, 6.45) is 3.04. The number of hydrogen-bond acceptors (Lipinski definition) is 3. The molecule has 2 rings (SSSR count). The number of carbonyl (C=O) groups is 2. The van der Waals surface area contributed by atoms with Crippen LogP contribution in [-0.4, -0.2) is 32.1 Å². The second kappa shape index (κ2) is 8.73. The molecular weight excluding hydrogens is 296 g/mol. The number of H-pyrrole nitrogens is 1. The summed E-state index contributed by atoms with van der Waals surface area (Å²) in [7, 11) is 0. The Hall–Kier alpha value is -2.63. The van der Waals surface area contributed by atoms with Crippen LogP contribution in [-0.2, 0) is 9.59 Å². The molecule has 23 heavy (non-hydrogen) atoms. The number of nitrogens with one attached hydrogen (secondary N) is 1. The van der Waals surface area contributed by atoms with Crippen LogP contribution in [0.25, 0.3) is 0 Å². The molecule has 1 aromatic heterocycles. The van der Waals surface area contributed by atoms with Gasteiger partial charge >= 0.3 is 11.9 Å². The standard InChI is InChI=1S/C13H16N2.C4H6O4/c1-9-5-4-6-12(10(9)2)11(3)13-7-14-8-15-13;5-3(6)1-2-4(7)8/h4-8,11H,1-3H3,(H,14,15);1-2H2,(H,5,6)(H,7,8)/t11-;/m0./s1. The maximum atomic E-state index is 9.64. The summed E-state index contributed by atoms with van der Waals surface area (Å²) < 4.78 is 0. The molecule has 0 saturated carbocycles. The minimum absolute atomic E-state index is 0.296. The SMILES string of the molecule is Cc1cccc([C@H](C)c2cnc[nH]2)c1C.O=C(O)CCC(=O)O. The molecule has 3 N–H and O–H groups in total. The summed E-state index contributed by atoms with van der Waals surface area (Å²) in [5.41, 5.74) is 5.27. The van der Waals surface area contributed by atoms with Crippen molar-refractivity contribution in [2.75, 3.05) is 0 Å². The van der Waals surface area contributed by atoms with Crippen molar-refractivity contribution in [1.82, 2.24) is 9.97 Å². The molecular formula is C17H22N2O4. The summed E-state index contributed by atoms with van der Waals surface area (Å²) in [6, 6.07) is 6.46. The molecule has 0 aliphatic heterocycles. The molecule has 6 heteroatoms. The third-order valence-corrected chi connectivity index (χ3v) is 3.65. The van der Waals surface area contributed by atoms with Gasteiger partial charge in [0.1, 0.15) is 0 Å². The number of benzene rings is 1. The Labute approximate surface area is 135 Å². The van der Waals surface area contributed by atoms with Crippen LogP contribution in [0.3, 0.4) is 0 Å². The van der Waals surface area contributed by atoms with Crippen molar-refractivity contribution in [2.24, 2.45) is 0 Å². The zero-order chi connectivity index (χ0) is 17.4. The molecule has 1 atom stereocenters. The molecule has 124 valence electrons. The Balaban J connectivity index is 0.000000284. The number of carboxylic acids is 2. The number of rotatable bonds is 5. The van der Waals surface area contributed by atoms with Crippen LogP contribution < -0.4 is 0 Å². The number of aromatic nitrogens is 2. The first kappa shape index (κ1) is 18.4. The van der Waals surface area contributed by atoms with Gasteiger partial charge in [-0.25, -0.2) is 4.98 Å². The summed E-state index contributed by atoms with van der Waals surface area (Å²) in [5, 5.41) is 15.8. The quantitative estimate of drug-likeness (QED) is 0.786. The first-order valence-corrected chi connectivity index (χ1v) is 7.31. The van der Waals surface area contributed by atoms with Crippen molar-refractivity contribution in [3.8, 4) is 0 Å². The number of imidazole rings is 1. The van der Waals surface area contributed by atoms with Crippen LogP contribution in [0.4, 0.5) is 0 Å². The van der Waals surface area contributed by atoms with Gasteiger partial charge in [-0.15, -0.1) is 0 Å². The lowest BCUT2D eigenvalue weighted by Crippen LogP contribution is -2.00. The zero-order valence-electron chi connectivity index (χ0n) is 13.5. The second-order valence-corrected chi connectivity index (χ2v) is 5.31. The minimum Gasteiger partial charge on any atom is -0.481 e. The van der Waals surface area contributed by atoms with Gasteiger partial charge in [-0.2, -0.15) is 0 Å². The van der Waals surface area contributed by atoms with Crippen LogP contribution in [0, 0.1) is 13.8 Å². The fourth-order valence-electron chi connectivity index (χ4n) is 2.13. The van der Waals surface area contributed by atoms with Gasteiger partial charge in [0.15, 0.2) is 0 Å². The highest BCUT2D eigenvalue weighted by Crippen LogP contribution is 2.26. The Kier molecular flexibility index (Phi) is 6.99. The lowest BCUT2D eigenvalue weighted by molar-refractivity contribution is -0.143.